The van der Waals surface area contributed by atoms with Gasteiger partial charge in [0.1, 0.15) is 16.9 Å². The Bertz CT molecular complexity index is 716. The highest BCUT2D eigenvalue weighted by Gasteiger charge is 2.35. The second-order valence-corrected chi connectivity index (χ2v) is 6.71. The average molecular weight is 331 g/mol. The lowest BCUT2D eigenvalue weighted by Crippen LogP contribution is -2.34. The molecule has 0 spiro atoms. The van der Waals surface area contributed by atoms with E-state index in [2.05, 4.69) is 9.46 Å². The summed E-state index contributed by atoms with van der Waals surface area (Å²) in [6.45, 7) is 0. The monoisotopic (exact) mass is 331 g/mol. The molecule has 0 saturated heterocycles. The summed E-state index contributed by atoms with van der Waals surface area (Å²) in [6, 6.07) is 2.52. The van der Waals surface area contributed by atoms with Gasteiger partial charge in [0.15, 0.2) is 0 Å². The van der Waals surface area contributed by atoms with Gasteiger partial charge in [-0.3, -0.25) is 4.72 Å². The van der Waals surface area contributed by atoms with Gasteiger partial charge in [0.05, 0.1) is 18.4 Å². The summed E-state index contributed by atoms with van der Waals surface area (Å²) in [4.78, 5) is 11.7. The van der Waals surface area contributed by atoms with Crippen LogP contribution in [0.2, 0.25) is 0 Å². The topological polar surface area (TPSA) is 72.5 Å². The van der Waals surface area contributed by atoms with Gasteiger partial charge in [0.25, 0.3) is 0 Å². The molecule has 120 valence electrons. The molecule has 2 rings (SSSR count). The number of rotatable bonds is 4. The number of anilines is 1. The Morgan fingerprint density at radius 3 is 2.73 bits per heavy atom. The first kappa shape index (κ1) is 16.4. The minimum atomic E-state index is -4.06. The summed E-state index contributed by atoms with van der Waals surface area (Å²) in [7, 11) is -2.90. The van der Waals surface area contributed by atoms with Crippen LogP contribution in [0.1, 0.15) is 19.3 Å². The molecule has 0 heterocycles. The summed E-state index contributed by atoms with van der Waals surface area (Å²) < 4.78 is 57.9. The van der Waals surface area contributed by atoms with Crippen molar-refractivity contribution in [2.45, 2.75) is 24.5 Å². The van der Waals surface area contributed by atoms with E-state index in [0.29, 0.717) is 18.9 Å². The van der Waals surface area contributed by atoms with Crippen molar-refractivity contribution in [2.24, 2.45) is 0 Å². The van der Waals surface area contributed by atoms with Gasteiger partial charge in [0.2, 0.25) is 10.0 Å². The Balaban J connectivity index is 2.31. The predicted octanol–water partition coefficient (Wildman–Crippen LogP) is 2.36. The van der Waals surface area contributed by atoms with Crippen LogP contribution in [0.3, 0.4) is 0 Å². The molecule has 1 unspecified atom stereocenters. The van der Waals surface area contributed by atoms with Gasteiger partial charge in [-0.15, -0.1) is 0 Å². The largest absolute Gasteiger partial charge is 0.466 e. The molecule has 0 bridgehead atoms. The standard InChI is InChI=1S/C14H15F2NO4S/c1-21-14(18)10-4-2-3-5-13(10)22(19,20)17-12-7-6-9(15)8-11(12)16/h4,6-8,13,17H,2-3,5H2,1H3. The summed E-state index contributed by atoms with van der Waals surface area (Å²) in [5.74, 6) is -2.56. The van der Waals surface area contributed by atoms with Gasteiger partial charge in [-0.05, 0) is 31.4 Å². The molecule has 22 heavy (non-hydrogen) atoms. The number of hydrogen-bond acceptors (Lipinski definition) is 4. The average Bonchev–Trinajstić information content (AvgIpc) is 2.49. The van der Waals surface area contributed by atoms with Gasteiger partial charge in [-0.1, -0.05) is 6.08 Å². The molecule has 1 aliphatic carbocycles. The zero-order valence-electron chi connectivity index (χ0n) is 11.8. The Kier molecular flexibility index (Phi) is 4.80. The first-order valence-corrected chi connectivity index (χ1v) is 8.15. The number of esters is 1. The van der Waals surface area contributed by atoms with Crippen molar-refractivity contribution in [3.8, 4) is 0 Å². The Morgan fingerprint density at radius 2 is 2.09 bits per heavy atom. The number of carbonyl (C=O) groups excluding carboxylic acids is 1. The first-order chi connectivity index (χ1) is 10.3. The number of benzene rings is 1. The van der Waals surface area contributed by atoms with E-state index in [1.807, 2.05) is 0 Å². The van der Waals surface area contributed by atoms with Crippen LogP contribution in [-0.2, 0) is 19.6 Å². The van der Waals surface area contributed by atoms with Crippen LogP contribution in [0.25, 0.3) is 0 Å². The van der Waals surface area contributed by atoms with Crippen LogP contribution in [0.4, 0.5) is 14.5 Å². The van der Waals surface area contributed by atoms with Crippen molar-refractivity contribution < 1.29 is 26.7 Å². The molecule has 0 radical (unpaired) electrons. The van der Waals surface area contributed by atoms with Gasteiger partial charge in [0, 0.05) is 6.07 Å². The van der Waals surface area contributed by atoms with E-state index in [9.17, 15) is 22.0 Å². The second kappa shape index (κ2) is 6.43. The summed E-state index contributed by atoms with van der Waals surface area (Å²) in [5.41, 5.74) is -0.333. The molecule has 1 atom stereocenters. The molecule has 0 fully saturated rings. The van der Waals surface area contributed by atoms with Crippen molar-refractivity contribution in [3.63, 3.8) is 0 Å². The lowest BCUT2D eigenvalue weighted by atomic mass is 9.99. The molecule has 0 saturated carbocycles. The SMILES string of the molecule is COC(=O)C1=CCCCC1S(=O)(=O)Nc1ccc(F)cc1F. The van der Waals surface area contributed by atoms with Crippen molar-refractivity contribution in [1.29, 1.82) is 0 Å². The summed E-state index contributed by atoms with van der Waals surface area (Å²) in [6.07, 6.45) is 2.89. The maximum Gasteiger partial charge on any atom is 0.334 e. The maximum atomic E-state index is 13.6. The zero-order valence-corrected chi connectivity index (χ0v) is 12.6. The van der Waals surface area contributed by atoms with E-state index in [1.54, 1.807) is 0 Å². The molecule has 1 aromatic rings. The van der Waals surface area contributed by atoms with E-state index in [1.165, 1.54) is 6.08 Å². The van der Waals surface area contributed by atoms with Gasteiger partial charge in [-0.2, -0.15) is 0 Å². The van der Waals surface area contributed by atoms with Gasteiger partial charge in [-0.25, -0.2) is 22.0 Å². The quantitative estimate of drug-likeness (QED) is 0.860. The predicted molar refractivity (Wildman–Crippen MR) is 76.6 cm³/mol. The van der Waals surface area contributed by atoms with Crippen molar-refractivity contribution in [3.05, 3.63) is 41.5 Å². The fourth-order valence-corrected chi connectivity index (χ4v) is 3.92. The number of nitrogens with one attached hydrogen (secondary N) is 1. The number of sulfonamides is 1. The molecule has 1 aliphatic rings. The lowest BCUT2D eigenvalue weighted by Gasteiger charge is -2.23. The maximum absolute atomic E-state index is 13.6. The van der Waals surface area contributed by atoms with Crippen LogP contribution in [0.5, 0.6) is 0 Å². The molecule has 1 aromatic carbocycles. The smallest absolute Gasteiger partial charge is 0.334 e. The Hall–Kier alpha value is -1.96. The van der Waals surface area contributed by atoms with E-state index < -0.39 is 32.9 Å². The highest BCUT2D eigenvalue weighted by Crippen LogP contribution is 2.28. The highest BCUT2D eigenvalue weighted by molar-refractivity contribution is 7.93. The van der Waals surface area contributed by atoms with E-state index >= 15 is 0 Å². The fourth-order valence-electron chi connectivity index (χ4n) is 2.30. The number of ether oxygens (including phenoxy) is 1. The lowest BCUT2D eigenvalue weighted by molar-refractivity contribution is -0.136. The fraction of sp³-hybridized carbons (Fsp3) is 0.357. The third-order valence-electron chi connectivity index (χ3n) is 3.36. The number of allylic oxidation sites excluding steroid dienone is 1. The van der Waals surface area contributed by atoms with Crippen LogP contribution >= 0.6 is 0 Å². The molecule has 8 heteroatoms. The molecular formula is C14H15F2NO4S. The van der Waals surface area contributed by atoms with Crippen molar-refractivity contribution in [2.75, 3.05) is 11.8 Å². The second-order valence-electron chi connectivity index (χ2n) is 4.84. The van der Waals surface area contributed by atoms with Crippen LogP contribution in [0, 0.1) is 11.6 Å². The van der Waals surface area contributed by atoms with E-state index in [0.717, 1.165) is 19.2 Å². The number of halogens is 2. The number of methoxy groups -OCH3 is 1. The summed E-state index contributed by atoms with van der Waals surface area (Å²) in [5, 5.41) is -1.13. The molecule has 5 nitrogen and oxygen atoms in total. The zero-order chi connectivity index (χ0) is 16.3. The molecular weight excluding hydrogens is 316 g/mol. The minimum absolute atomic E-state index is 0.0313. The van der Waals surface area contributed by atoms with Gasteiger partial charge < -0.3 is 4.74 Å². The van der Waals surface area contributed by atoms with Gasteiger partial charge >= 0.3 is 5.97 Å². The normalized spacial score (nSPS) is 18.5. The van der Waals surface area contributed by atoms with Crippen molar-refractivity contribution >= 4 is 21.7 Å². The molecule has 0 aliphatic heterocycles. The molecule has 1 N–H and O–H groups in total. The minimum Gasteiger partial charge on any atom is -0.466 e. The third-order valence-corrected chi connectivity index (χ3v) is 5.10. The van der Waals surface area contributed by atoms with Crippen molar-refractivity contribution in [1.82, 2.24) is 0 Å². The van der Waals surface area contributed by atoms with Crippen LogP contribution < -0.4 is 4.72 Å². The van der Waals surface area contributed by atoms with Crippen LogP contribution in [0.15, 0.2) is 29.8 Å². The van der Waals surface area contributed by atoms with Crippen LogP contribution in [-0.4, -0.2) is 26.7 Å². The molecule has 0 aromatic heterocycles. The third kappa shape index (κ3) is 3.44. The van der Waals surface area contributed by atoms with E-state index in [4.69, 9.17) is 0 Å². The van der Waals surface area contributed by atoms with E-state index in [-0.39, 0.29) is 17.7 Å². The molecule has 0 amide bonds. The first-order valence-electron chi connectivity index (χ1n) is 6.60. The highest BCUT2D eigenvalue weighted by atomic mass is 32.2. The Morgan fingerprint density at radius 1 is 1.36 bits per heavy atom. The Labute approximate surface area is 127 Å². The number of carbonyl (C=O) groups is 1. The summed E-state index contributed by atoms with van der Waals surface area (Å²) >= 11 is 0. The number of hydrogen-bond donors (Lipinski definition) is 1.